The van der Waals surface area contributed by atoms with E-state index in [1.54, 1.807) is 0 Å². The number of benzene rings is 2. The highest BCUT2D eigenvalue weighted by Gasteiger charge is 2.24. The van der Waals surface area contributed by atoms with Gasteiger partial charge < -0.3 is 0 Å². The van der Waals surface area contributed by atoms with E-state index < -0.39 is 16.1 Å². The van der Waals surface area contributed by atoms with Crippen molar-refractivity contribution in [2.24, 2.45) is 0 Å². The smallest absolute Gasteiger partial charge is 0.126 e. The van der Waals surface area contributed by atoms with Gasteiger partial charge in [0.15, 0.2) is 0 Å². The summed E-state index contributed by atoms with van der Waals surface area (Å²) >= 11 is 0. The Hall–Kier alpha value is -1.75. The highest BCUT2D eigenvalue weighted by Crippen LogP contribution is 2.22. The van der Waals surface area contributed by atoms with Gasteiger partial charge in [0.1, 0.15) is 16.1 Å². The Balaban J connectivity index is 2.33. The fourth-order valence-corrected chi connectivity index (χ4v) is 8.72. The number of hydrogen-bond acceptors (Lipinski definition) is 0. The van der Waals surface area contributed by atoms with Gasteiger partial charge in [-0.1, -0.05) is 65.5 Å². The first-order valence-corrected chi connectivity index (χ1v) is 16.3. The molecule has 0 amide bonds. The van der Waals surface area contributed by atoms with Crippen LogP contribution in [0.1, 0.15) is 52.7 Å². The minimum atomic E-state index is -1.39. The summed E-state index contributed by atoms with van der Waals surface area (Å²) in [5.41, 5.74) is 9.70. The Morgan fingerprint density at radius 1 is 0.536 bits per heavy atom. The Kier molecular flexibility index (Phi) is 8.17. The first-order chi connectivity index (χ1) is 13.5. The van der Waals surface area contributed by atoms with Crippen molar-refractivity contribution < 1.29 is 0 Å². The maximum absolute atomic E-state index is 3.70. The van der Waals surface area contributed by atoms with Gasteiger partial charge in [-0.15, -0.1) is 11.1 Å². The van der Waals surface area contributed by atoms with Crippen LogP contribution in [0.2, 0.25) is 36.3 Å². The SMILES string of the molecule is CC[Si](C#Cc1ccc2cc(C#C[Si](CC)(CC)CC)ccc2c1)(CC)CC. The first kappa shape index (κ1) is 22.5. The zero-order chi connectivity index (χ0) is 20.6. The van der Waals surface area contributed by atoms with Crippen LogP contribution in [0.5, 0.6) is 0 Å². The number of fused-ring (bicyclic) bond motifs is 1. The molecular formula is C26H36Si2. The van der Waals surface area contributed by atoms with Crippen molar-refractivity contribution in [1.82, 2.24) is 0 Å². The molecule has 0 aliphatic rings. The molecule has 2 aromatic carbocycles. The van der Waals surface area contributed by atoms with E-state index >= 15 is 0 Å². The van der Waals surface area contributed by atoms with Crippen molar-refractivity contribution in [2.45, 2.75) is 77.8 Å². The molecule has 0 heterocycles. The van der Waals surface area contributed by atoms with Crippen molar-refractivity contribution in [3.8, 4) is 22.9 Å². The second kappa shape index (κ2) is 10.2. The molecular weight excluding hydrogens is 368 g/mol. The van der Waals surface area contributed by atoms with Gasteiger partial charge in [-0.2, -0.15) is 0 Å². The van der Waals surface area contributed by atoms with Crippen LogP contribution in [0.4, 0.5) is 0 Å². The maximum Gasteiger partial charge on any atom is 0.138 e. The molecule has 0 fully saturated rings. The van der Waals surface area contributed by atoms with Crippen LogP contribution >= 0.6 is 0 Å². The third-order valence-electron chi connectivity index (χ3n) is 6.84. The molecule has 0 N–H and O–H groups in total. The summed E-state index contributed by atoms with van der Waals surface area (Å²) in [5.74, 6) is 7.00. The molecule has 148 valence electrons. The number of rotatable bonds is 6. The van der Waals surface area contributed by atoms with Gasteiger partial charge in [-0.3, -0.25) is 0 Å². The van der Waals surface area contributed by atoms with Crippen molar-refractivity contribution in [2.75, 3.05) is 0 Å². The molecule has 0 radical (unpaired) electrons. The largest absolute Gasteiger partial charge is 0.138 e. The third kappa shape index (κ3) is 5.19. The summed E-state index contributed by atoms with van der Waals surface area (Å²) in [6.07, 6.45) is 0. The summed E-state index contributed by atoms with van der Waals surface area (Å²) in [6.45, 7) is 13.9. The summed E-state index contributed by atoms with van der Waals surface area (Å²) < 4.78 is 0. The van der Waals surface area contributed by atoms with Gasteiger partial charge in [-0.25, -0.2) is 0 Å². The monoisotopic (exact) mass is 404 g/mol. The zero-order valence-electron chi connectivity index (χ0n) is 18.7. The number of hydrogen-bond donors (Lipinski definition) is 0. The normalized spacial score (nSPS) is 11.5. The molecule has 0 atom stereocenters. The predicted octanol–water partition coefficient (Wildman–Crippen LogP) is 7.64. The summed E-state index contributed by atoms with van der Waals surface area (Å²) in [6, 6.07) is 20.8. The van der Waals surface area contributed by atoms with Crippen molar-refractivity contribution in [1.29, 1.82) is 0 Å². The molecule has 0 spiro atoms. The Bertz CT molecular complexity index is 816. The van der Waals surface area contributed by atoms with Gasteiger partial charge in [0, 0.05) is 11.1 Å². The van der Waals surface area contributed by atoms with E-state index in [0.717, 1.165) is 11.1 Å². The lowest BCUT2D eigenvalue weighted by Gasteiger charge is -2.20. The van der Waals surface area contributed by atoms with E-state index in [-0.39, 0.29) is 0 Å². The molecule has 0 saturated heterocycles. The van der Waals surface area contributed by atoms with E-state index in [4.69, 9.17) is 0 Å². The van der Waals surface area contributed by atoms with Crippen LogP contribution in [0.25, 0.3) is 10.8 Å². The quantitative estimate of drug-likeness (QED) is 0.343. The fourth-order valence-electron chi connectivity index (χ4n) is 3.84. The molecule has 0 aromatic heterocycles. The lowest BCUT2D eigenvalue weighted by molar-refractivity contribution is 1.20. The van der Waals surface area contributed by atoms with Crippen LogP contribution in [0.3, 0.4) is 0 Å². The first-order valence-electron chi connectivity index (χ1n) is 11.1. The van der Waals surface area contributed by atoms with Crippen molar-refractivity contribution in [3.05, 3.63) is 47.5 Å². The molecule has 2 heteroatoms. The Morgan fingerprint density at radius 2 is 0.857 bits per heavy atom. The standard InChI is InChI=1S/C26H36Si2/c1-7-27(8-2,9-3)19-17-23-13-15-26-22-24(14-16-25(26)21-23)18-20-28(10-4,11-5)12-6/h13-16,21-22H,7-12H2,1-6H3. The molecule has 0 aliphatic heterocycles. The second-order valence-electron chi connectivity index (χ2n) is 7.96. The maximum atomic E-state index is 3.70. The van der Waals surface area contributed by atoms with Crippen molar-refractivity contribution in [3.63, 3.8) is 0 Å². The second-order valence-corrected chi connectivity index (χ2v) is 17.8. The van der Waals surface area contributed by atoms with E-state index in [1.807, 2.05) is 0 Å². The van der Waals surface area contributed by atoms with Gasteiger partial charge in [0.25, 0.3) is 0 Å². The summed E-state index contributed by atoms with van der Waals surface area (Å²) in [5, 5.41) is 2.53. The zero-order valence-corrected chi connectivity index (χ0v) is 20.7. The fraction of sp³-hybridized carbons (Fsp3) is 0.462. The van der Waals surface area contributed by atoms with Gasteiger partial charge in [0.2, 0.25) is 0 Å². The average molecular weight is 405 g/mol. The molecule has 0 unspecified atom stereocenters. The molecule has 2 aromatic rings. The lowest BCUT2D eigenvalue weighted by atomic mass is 10.0. The Labute approximate surface area is 175 Å². The predicted molar refractivity (Wildman–Crippen MR) is 132 cm³/mol. The van der Waals surface area contributed by atoms with E-state index in [0.29, 0.717) is 0 Å². The molecule has 0 saturated carbocycles. The molecule has 28 heavy (non-hydrogen) atoms. The van der Waals surface area contributed by atoms with Crippen LogP contribution in [0.15, 0.2) is 36.4 Å². The lowest BCUT2D eigenvalue weighted by Crippen LogP contribution is -2.29. The van der Waals surface area contributed by atoms with Gasteiger partial charge in [-0.05, 0) is 71.3 Å². The highest BCUT2D eigenvalue weighted by molar-refractivity contribution is 6.87. The van der Waals surface area contributed by atoms with Gasteiger partial charge in [0.05, 0.1) is 0 Å². The van der Waals surface area contributed by atoms with Gasteiger partial charge >= 0.3 is 0 Å². The van der Waals surface area contributed by atoms with E-state index in [9.17, 15) is 0 Å². The molecule has 0 nitrogen and oxygen atoms in total. The molecule has 2 rings (SSSR count). The molecule has 0 bridgehead atoms. The Morgan fingerprint density at radius 3 is 1.14 bits per heavy atom. The van der Waals surface area contributed by atoms with Crippen LogP contribution in [-0.4, -0.2) is 16.1 Å². The van der Waals surface area contributed by atoms with E-state index in [1.165, 1.54) is 47.0 Å². The van der Waals surface area contributed by atoms with Crippen molar-refractivity contribution >= 4 is 26.9 Å². The minimum Gasteiger partial charge on any atom is -0.126 e. The topological polar surface area (TPSA) is 0 Å². The van der Waals surface area contributed by atoms with Crippen LogP contribution in [0, 0.1) is 22.9 Å². The van der Waals surface area contributed by atoms with E-state index in [2.05, 4.69) is 101 Å². The average Bonchev–Trinajstić information content (AvgIpc) is 2.76. The third-order valence-corrected chi connectivity index (χ3v) is 16.3. The van der Waals surface area contributed by atoms with Crippen LogP contribution in [-0.2, 0) is 0 Å². The summed E-state index contributed by atoms with van der Waals surface area (Å²) in [4.78, 5) is 0. The highest BCUT2D eigenvalue weighted by atomic mass is 28.3. The molecule has 0 aliphatic carbocycles. The van der Waals surface area contributed by atoms with Crippen LogP contribution < -0.4 is 0 Å². The summed E-state index contributed by atoms with van der Waals surface area (Å²) in [7, 11) is -2.78. The minimum absolute atomic E-state index is 1.15.